The number of ketones is 1. The smallest absolute Gasteiger partial charge is 0.414 e. The molecule has 28 heavy (non-hydrogen) atoms. The van der Waals surface area contributed by atoms with Crippen LogP contribution in [0.2, 0.25) is 0 Å². The van der Waals surface area contributed by atoms with Gasteiger partial charge < -0.3 is 20.4 Å². The van der Waals surface area contributed by atoms with Crippen molar-refractivity contribution in [1.29, 1.82) is 0 Å². The number of carbonyl (C=O) groups excluding carboxylic acids is 2. The number of hydrogen-bond acceptors (Lipinski definition) is 5. The molecule has 0 aliphatic carbocycles. The summed E-state index contributed by atoms with van der Waals surface area (Å²) < 4.78 is 0. The lowest BCUT2D eigenvalue weighted by Crippen LogP contribution is -2.27. The molecule has 0 atom stereocenters. The Balaban J connectivity index is 0.00000105. The molecule has 8 nitrogen and oxygen atoms in total. The predicted octanol–water partition coefficient (Wildman–Crippen LogP) is 2.80. The molecule has 0 fully saturated rings. The minimum atomic E-state index is -1.82. The average Bonchev–Trinajstić information content (AvgIpc) is 2.64. The van der Waals surface area contributed by atoms with E-state index in [1.54, 1.807) is 6.07 Å². The Bertz CT molecular complexity index is 671. The van der Waals surface area contributed by atoms with Crippen LogP contribution in [-0.2, 0) is 14.4 Å². The zero-order valence-corrected chi connectivity index (χ0v) is 16.9. The Labute approximate surface area is 165 Å². The zero-order chi connectivity index (χ0) is 21.7. The lowest BCUT2D eigenvalue weighted by Gasteiger charge is -2.18. The number of amides is 1. The Kier molecular flexibility index (Phi) is 12.1. The fraction of sp³-hybridized carbons (Fsp3) is 0.500. The molecule has 0 heterocycles. The van der Waals surface area contributed by atoms with Gasteiger partial charge >= 0.3 is 11.9 Å². The number of carbonyl (C=O) groups is 4. The van der Waals surface area contributed by atoms with Crippen molar-refractivity contribution in [3.05, 3.63) is 29.3 Å². The summed E-state index contributed by atoms with van der Waals surface area (Å²) in [4.78, 5) is 44.8. The van der Waals surface area contributed by atoms with Gasteiger partial charge in [0.05, 0.1) is 5.69 Å². The van der Waals surface area contributed by atoms with Gasteiger partial charge in [-0.3, -0.25) is 9.59 Å². The summed E-state index contributed by atoms with van der Waals surface area (Å²) >= 11 is 0. The highest BCUT2D eigenvalue weighted by atomic mass is 16.4. The normalized spacial score (nSPS) is 10.0. The molecule has 0 unspecified atom stereocenters. The highest BCUT2D eigenvalue weighted by molar-refractivity contribution is 6.27. The second-order valence-corrected chi connectivity index (χ2v) is 6.11. The van der Waals surface area contributed by atoms with E-state index in [0.29, 0.717) is 24.1 Å². The molecule has 1 aromatic rings. The molecular weight excluding hydrogens is 364 g/mol. The van der Waals surface area contributed by atoms with Gasteiger partial charge in [0.2, 0.25) is 5.91 Å². The van der Waals surface area contributed by atoms with Crippen molar-refractivity contribution >= 4 is 29.3 Å². The van der Waals surface area contributed by atoms with Crippen molar-refractivity contribution in [2.45, 2.75) is 47.0 Å². The van der Waals surface area contributed by atoms with E-state index in [0.717, 1.165) is 31.6 Å². The minimum Gasteiger partial charge on any atom is -0.473 e. The van der Waals surface area contributed by atoms with Gasteiger partial charge in [-0.1, -0.05) is 32.9 Å². The summed E-state index contributed by atoms with van der Waals surface area (Å²) in [6.07, 6.45) is 1.76. The van der Waals surface area contributed by atoms with E-state index in [9.17, 15) is 9.59 Å². The summed E-state index contributed by atoms with van der Waals surface area (Å²) in [6, 6.07) is 5.58. The van der Waals surface area contributed by atoms with E-state index in [1.807, 2.05) is 26.0 Å². The van der Waals surface area contributed by atoms with E-state index >= 15 is 0 Å². The van der Waals surface area contributed by atoms with Crippen molar-refractivity contribution in [2.24, 2.45) is 0 Å². The molecule has 8 heteroatoms. The maximum atomic E-state index is 12.2. The molecule has 0 saturated carbocycles. The number of para-hydroxylation sites is 1. The summed E-state index contributed by atoms with van der Waals surface area (Å²) in [5, 5.41) is 17.7. The standard InChI is InChI=1S/C18H28N2O2.C2H2O4/c1-5-9-16(21)15-11-8-10-14(4)18(15)19-17(22)12-13-20(6-2)7-3;3-1(4)2(5)6/h8,10-11H,5-7,9,12-13H2,1-4H3,(H,19,22);(H,3,4)(H,5,6). The van der Waals surface area contributed by atoms with Crippen LogP contribution in [0, 0.1) is 6.92 Å². The molecule has 1 amide bonds. The van der Waals surface area contributed by atoms with Gasteiger partial charge in [0, 0.05) is 24.9 Å². The van der Waals surface area contributed by atoms with Crippen LogP contribution < -0.4 is 5.32 Å². The van der Waals surface area contributed by atoms with Gasteiger partial charge in [0.25, 0.3) is 0 Å². The maximum absolute atomic E-state index is 12.2. The van der Waals surface area contributed by atoms with E-state index in [4.69, 9.17) is 19.8 Å². The summed E-state index contributed by atoms with van der Waals surface area (Å²) in [5.41, 5.74) is 2.22. The molecule has 0 saturated heterocycles. The first kappa shape index (κ1) is 25.3. The molecule has 3 N–H and O–H groups in total. The molecule has 0 bridgehead atoms. The molecule has 1 rings (SSSR count). The monoisotopic (exact) mass is 394 g/mol. The molecule has 0 aliphatic rings. The Morgan fingerprint density at radius 3 is 2.00 bits per heavy atom. The summed E-state index contributed by atoms with van der Waals surface area (Å²) in [6.45, 7) is 10.7. The van der Waals surface area contributed by atoms with Gasteiger partial charge in [-0.2, -0.15) is 0 Å². The topological polar surface area (TPSA) is 124 Å². The zero-order valence-electron chi connectivity index (χ0n) is 16.9. The number of nitrogens with zero attached hydrogens (tertiary/aromatic N) is 1. The number of hydrogen-bond donors (Lipinski definition) is 3. The number of Topliss-reactive ketones (excluding diaryl/α,β-unsaturated/α-hetero) is 1. The van der Waals surface area contributed by atoms with Crippen LogP contribution in [0.5, 0.6) is 0 Å². The lowest BCUT2D eigenvalue weighted by molar-refractivity contribution is -0.159. The molecule has 156 valence electrons. The quantitative estimate of drug-likeness (QED) is 0.434. The Hall–Kier alpha value is -2.74. The number of rotatable bonds is 9. The summed E-state index contributed by atoms with van der Waals surface area (Å²) in [7, 11) is 0. The van der Waals surface area contributed by atoms with Gasteiger partial charge in [0.15, 0.2) is 5.78 Å². The van der Waals surface area contributed by atoms with Crippen molar-refractivity contribution < 1.29 is 29.4 Å². The third-order valence-electron chi connectivity index (χ3n) is 4.05. The molecular formula is C20H30N2O6. The van der Waals surface area contributed by atoms with Crippen LogP contribution in [0.15, 0.2) is 18.2 Å². The van der Waals surface area contributed by atoms with E-state index in [-0.39, 0.29) is 11.7 Å². The van der Waals surface area contributed by atoms with E-state index in [1.165, 1.54) is 0 Å². The summed E-state index contributed by atoms with van der Waals surface area (Å²) in [5.74, 6) is -3.60. The van der Waals surface area contributed by atoms with Gasteiger partial charge in [0.1, 0.15) is 0 Å². The number of carboxylic acid groups (broad SMARTS) is 2. The SMILES string of the molecule is CCCC(=O)c1cccc(C)c1NC(=O)CCN(CC)CC.O=C(O)C(=O)O. The number of aryl methyl sites for hydroxylation is 1. The Morgan fingerprint density at radius 1 is 0.964 bits per heavy atom. The number of carboxylic acids is 2. The third-order valence-corrected chi connectivity index (χ3v) is 4.05. The number of aliphatic carboxylic acids is 2. The molecule has 0 aliphatic heterocycles. The first-order valence-electron chi connectivity index (χ1n) is 9.28. The van der Waals surface area contributed by atoms with E-state index < -0.39 is 11.9 Å². The van der Waals surface area contributed by atoms with Crippen molar-refractivity contribution in [1.82, 2.24) is 4.90 Å². The highest BCUT2D eigenvalue weighted by Crippen LogP contribution is 2.22. The van der Waals surface area contributed by atoms with Gasteiger partial charge in [-0.05, 0) is 38.1 Å². The fourth-order valence-corrected chi connectivity index (χ4v) is 2.43. The first-order valence-corrected chi connectivity index (χ1v) is 9.28. The predicted molar refractivity (Wildman–Crippen MR) is 107 cm³/mol. The fourth-order valence-electron chi connectivity index (χ4n) is 2.43. The van der Waals surface area contributed by atoms with E-state index in [2.05, 4.69) is 24.1 Å². The third kappa shape index (κ3) is 9.27. The minimum absolute atomic E-state index is 0.0354. The van der Waals surface area contributed by atoms with Crippen LogP contribution in [0.4, 0.5) is 5.69 Å². The lowest BCUT2D eigenvalue weighted by atomic mass is 10.0. The van der Waals surface area contributed by atoms with Crippen LogP contribution in [-0.4, -0.2) is 58.4 Å². The van der Waals surface area contributed by atoms with Crippen molar-refractivity contribution in [2.75, 3.05) is 25.0 Å². The van der Waals surface area contributed by atoms with Crippen LogP contribution in [0.1, 0.15) is 56.0 Å². The number of benzene rings is 1. The van der Waals surface area contributed by atoms with Crippen LogP contribution in [0.25, 0.3) is 0 Å². The maximum Gasteiger partial charge on any atom is 0.414 e. The Morgan fingerprint density at radius 2 is 1.54 bits per heavy atom. The molecule has 1 aromatic carbocycles. The van der Waals surface area contributed by atoms with Gasteiger partial charge in [-0.15, -0.1) is 0 Å². The molecule has 0 aromatic heterocycles. The highest BCUT2D eigenvalue weighted by Gasteiger charge is 2.15. The second-order valence-electron chi connectivity index (χ2n) is 6.11. The number of anilines is 1. The largest absolute Gasteiger partial charge is 0.473 e. The number of nitrogens with one attached hydrogen (secondary N) is 1. The van der Waals surface area contributed by atoms with Crippen molar-refractivity contribution in [3.63, 3.8) is 0 Å². The van der Waals surface area contributed by atoms with Crippen molar-refractivity contribution in [3.8, 4) is 0 Å². The average molecular weight is 394 g/mol. The van der Waals surface area contributed by atoms with Crippen LogP contribution in [0.3, 0.4) is 0 Å². The van der Waals surface area contributed by atoms with Gasteiger partial charge in [-0.25, -0.2) is 9.59 Å². The molecule has 0 spiro atoms. The second kappa shape index (κ2) is 13.4. The van der Waals surface area contributed by atoms with Crippen LogP contribution >= 0.6 is 0 Å². The molecule has 0 radical (unpaired) electrons. The first-order chi connectivity index (χ1) is 13.2.